The largest absolute Gasteiger partial charge is 0.477 e. The van der Waals surface area contributed by atoms with E-state index < -0.39 is 47.1 Å². The van der Waals surface area contributed by atoms with Gasteiger partial charge in [0.25, 0.3) is 11.8 Å². The molecule has 276 valence electrons. The van der Waals surface area contributed by atoms with Crippen LogP contribution in [0.5, 0.6) is 0 Å². The number of carbonyl (C=O) groups is 3. The summed E-state index contributed by atoms with van der Waals surface area (Å²) in [5, 5.41) is 32.3. The molecular weight excluding hydrogens is 761 g/mol. The third kappa shape index (κ3) is 7.16. The van der Waals surface area contributed by atoms with Crippen LogP contribution >= 0.6 is 34.9 Å². The molecule has 2 atom stereocenters. The Labute approximate surface area is 318 Å². The number of thioether (sulfide) groups is 2. The number of nitrogens with one attached hydrogen (secondary N) is 2. The van der Waals surface area contributed by atoms with Gasteiger partial charge in [-0.05, 0) is 32.7 Å². The van der Waals surface area contributed by atoms with Crippen LogP contribution in [0.1, 0.15) is 22.4 Å². The smallest absolute Gasteiger partial charge is 0.407 e. The van der Waals surface area contributed by atoms with Crippen LogP contribution in [0.25, 0.3) is 0 Å². The first-order valence-electron chi connectivity index (χ1n) is 16.2. The number of carboxylic acid groups (broad SMARTS) is 1. The minimum atomic E-state index is -3.35. The number of amides is 2. The normalized spacial score (nSPS) is 17.2. The number of carbonyl (C=O) groups excluding carboxylic acids is 2. The molecular formula is C35H29F2N9O5S3. The number of alkyl halides is 2. The molecule has 2 aliphatic rings. The van der Waals surface area contributed by atoms with Gasteiger partial charge in [0, 0.05) is 23.9 Å². The Kier molecular flexibility index (Phi) is 10.7. The van der Waals surface area contributed by atoms with Crippen LogP contribution in [0.4, 0.5) is 13.9 Å². The summed E-state index contributed by atoms with van der Waals surface area (Å²) >= 11 is 3.58. The number of tetrazole rings is 1. The minimum Gasteiger partial charge on any atom is -0.477 e. The van der Waals surface area contributed by atoms with Crippen molar-refractivity contribution in [3.05, 3.63) is 130 Å². The van der Waals surface area contributed by atoms with Crippen molar-refractivity contribution < 1.29 is 33.1 Å². The number of aromatic nitrogens is 5. The molecule has 0 bridgehead atoms. The number of rotatable bonds is 14. The van der Waals surface area contributed by atoms with Gasteiger partial charge in [0.05, 0.1) is 0 Å². The van der Waals surface area contributed by atoms with Crippen LogP contribution < -0.4 is 10.6 Å². The summed E-state index contributed by atoms with van der Waals surface area (Å²) in [6, 6.07) is 27.9. The molecule has 14 nitrogen and oxygen atoms in total. The van der Waals surface area contributed by atoms with Crippen molar-refractivity contribution in [1.29, 1.82) is 0 Å². The summed E-state index contributed by atoms with van der Waals surface area (Å²) in [5.74, 6) is -2.56. The molecule has 1 fully saturated rings. The predicted octanol–water partition coefficient (Wildman–Crippen LogP) is 4.54. The molecule has 2 amide bonds. The molecule has 54 heavy (non-hydrogen) atoms. The lowest BCUT2D eigenvalue weighted by atomic mass is 9.77. The van der Waals surface area contributed by atoms with Gasteiger partial charge in [0.1, 0.15) is 28.3 Å². The number of anilines is 1. The Morgan fingerprint density at radius 1 is 1.04 bits per heavy atom. The summed E-state index contributed by atoms with van der Waals surface area (Å²) in [6.45, 7) is -3.35. The van der Waals surface area contributed by atoms with Crippen molar-refractivity contribution in [3.8, 4) is 0 Å². The van der Waals surface area contributed by atoms with E-state index in [9.17, 15) is 28.3 Å². The topological polar surface area (TPSA) is 177 Å². The highest BCUT2D eigenvalue weighted by Gasteiger charge is 2.54. The van der Waals surface area contributed by atoms with Crippen molar-refractivity contribution in [2.24, 2.45) is 12.2 Å². The van der Waals surface area contributed by atoms with Crippen molar-refractivity contribution >= 4 is 63.5 Å². The second kappa shape index (κ2) is 15.7. The molecule has 19 heteroatoms. The van der Waals surface area contributed by atoms with Gasteiger partial charge in [-0.15, -0.1) is 28.2 Å². The van der Waals surface area contributed by atoms with E-state index in [1.807, 2.05) is 91.0 Å². The number of thiazole rings is 1. The van der Waals surface area contributed by atoms with Gasteiger partial charge in [-0.2, -0.15) is 8.78 Å². The Hall–Kier alpha value is -5.66. The number of aliphatic carboxylic acids is 1. The monoisotopic (exact) mass is 789 g/mol. The van der Waals surface area contributed by atoms with Crippen molar-refractivity contribution in [2.75, 3.05) is 16.8 Å². The standard InChI is InChI=1S/C35H29F2N9O5S3/c1-45-34(41-43-44-45)54-18-20-17-52-30-26(29(48)46(30)27(20)31(49)50)39-28(47)25(42-51-32(36)37)24-19-53-33(38-24)40-35(21-11-5-2-6-12-21,22-13-7-3-8-14-22)23-15-9-4-10-16-23/h2-16,19,26,30,32H,17-18H2,1H3,(H,38,40)(H,39,47)(H,49,50)/t26?,30-/m0/s1. The second-order valence-electron chi connectivity index (χ2n) is 11.8. The minimum absolute atomic E-state index is 0.0904. The van der Waals surface area contributed by atoms with Crippen LogP contribution in [0.2, 0.25) is 0 Å². The maximum absolute atomic E-state index is 13.7. The van der Waals surface area contributed by atoms with Crippen molar-refractivity contribution in [2.45, 2.75) is 28.7 Å². The van der Waals surface area contributed by atoms with Crippen LogP contribution in [0.15, 0.2) is 118 Å². The third-order valence-electron chi connectivity index (χ3n) is 8.59. The number of hydrogen-bond acceptors (Lipinski definition) is 13. The van der Waals surface area contributed by atoms with Crippen molar-refractivity contribution in [1.82, 2.24) is 35.4 Å². The number of aryl methyl sites for hydroxylation is 1. The molecule has 0 spiro atoms. The van der Waals surface area contributed by atoms with Gasteiger partial charge in [0.15, 0.2) is 10.8 Å². The first-order valence-corrected chi connectivity index (χ1v) is 19.1. The molecule has 2 aromatic heterocycles. The summed E-state index contributed by atoms with van der Waals surface area (Å²) < 4.78 is 28.0. The molecule has 0 saturated carbocycles. The van der Waals surface area contributed by atoms with Gasteiger partial charge in [-0.3, -0.25) is 14.5 Å². The van der Waals surface area contributed by atoms with E-state index in [0.717, 1.165) is 32.9 Å². The van der Waals surface area contributed by atoms with E-state index in [-0.39, 0.29) is 22.9 Å². The van der Waals surface area contributed by atoms with Crippen LogP contribution in [0.3, 0.4) is 0 Å². The Bertz CT molecular complexity index is 2130. The predicted molar refractivity (Wildman–Crippen MR) is 198 cm³/mol. The van der Waals surface area contributed by atoms with E-state index in [2.05, 4.69) is 41.1 Å². The van der Waals surface area contributed by atoms with Gasteiger partial charge in [-0.25, -0.2) is 14.5 Å². The maximum Gasteiger partial charge on any atom is 0.407 e. The Morgan fingerprint density at radius 3 is 2.19 bits per heavy atom. The van der Waals surface area contributed by atoms with Crippen LogP contribution in [-0.2, 0) is 31.8 Å². The first-order chi connectivity index (χ1) is 26.2. The van der Waals surface area contributed by atoms with Gasteiger partial charge in [0.2, 0.25) is 5.16 Å². The number of β-lactam (4-membered cyclic amide) rings is 1. The number of nitrogens with zero attached hydrogens (tertiary/aromatic N) is 7. The van der Waals surface area contributed by atoms with Crippen LogP contribution in [-0.4, -0.2) is 88.2 Å². The average Bonchev–Trinajstić information content (AvgIpc) is 3.83. The molecule has 0 radical (unpaired) electrons. The van der Waals surface area contributed by atoms with E-state index in [0.29, 0.717) is 15.9 Å². The summed E-state index contributed by atoms with van der Waals surface area (Å²) in [4.78, 5) is 49.4. The fraction of sp³-hybridized carbons (Fsp3) is 0.200. The first kappa shape index (κ1) is 36.7. The van der Waals surface area contributed by atoms with Crippen molar-refractivity contribution in [3.63, 3.8) is 0 Å². The summed E-state index contributed by atoms with van der Waals surface area (Å²) in [5.41, 5.74) is 1.26. The molecule has 5 aromatic rings. The average molecular weight is 790 g/mol. The number of fused-ring (bicyclic) bond motifs is 1. The number of halogens is 2. The Balaban J connectivity index is 1.15. The van der Waals surface area contributed by atoms with E-state index in [4.69, 9.17) is 0 Å². The lowest BCUT2D eigenvalue weighted by molar-refractivity contribution is -0.150. The highest BCUT2D eigenvalue weighted by molar-refractivity contribution is 8.01. The molecule has 3 aromatic carbocycles. The molecule has 4 heterocycles. The zero-order valence-corrected chi connectivity index (χ0v) is 30.5. The number of hydrogen-bond donors (Lipinski definition) is 3. The zero-order valence-electron chi connectivity index (χ0n) is 28.1. The fourth-order valence-corrected chi connectivity index (χ4v) is 9.26. The lowest BCUT2D eigenvalue weighted by Crippen LogP contribution is -2.71. The molecule has 7 rings (SSSR count). The highest BCUT2D eigenvalue weighted by Crippen LogP contribution is 2.42. The van der Waals surface area contributed by atoms with Gasteiger partial charge in [-0.1, -0.05) is 108 Å². The summed E-state index contributed by atoms with van der Waals surface area (Å²) in [6.07, 6.45) is 0. The number of oxime groups is 1. The number of benzene rings is 3. The lowest BCUT2D eigenvalue weighted by Gasteiger charge is -2.49. The Morgan fingerprint density at radius 2 is 1.65 bits per heavy atom. The highest BCUT2D eigenvalue weighted by atomic mass is 32.2. The van der Waals surface area contributed by atoms with Crippen LogP contribution in [0, 0.1) is 0 Å². The third-order valence-corrected chi connectivity index (χ3v) is 11.8. The van der Waals surface area contributed by atoms with E-state index in [1.54, 1.807) is 7.05 Å². The SMILES string of the molecule is Cn1nnnc1SCC1=C(C(=O)O)N2C(=O)C(NC(=O)C(=NOC(F)F)c3csc(NC(c4ccccc4)(c4ccccc4)c4ccccc4)n3)[C@@H]2SC1. The van der Waals surface area contributed by atoms with Gasteiger partial charge < -0.3 is 20.6 Å². The molecule has 1 unspecified atom stereocenters. The molecule has 3 N–H and O–H groups in total. The second-order valence-corrected chi connectivity index (χ2v) is 14.7. The maximum atomic E-state index is 13.7. The molecule has 2 aliphatic heterocycles. The molecule has 0 aliphatic carbocycles. The number of carboxylic acids is 1. The van der Waals surface area contributed by atoms with E-state index >= 15 is 0 Å². The van der Waals surface area contributed by atoms with E-state index in [1.165, 1.54) is 33.6 Å². The summed E-state index contributed by atoms with van der Waals surface area (Å²) in [7, 11) is 1.65. The fourth-order valence-electron chi connectivity index (χ4n) is 6.18. The quantitative estimate of drug-likeness (QED) is 0.0472. The van der Waals surface area contributed by atoms with Gasteiger partial charge >= 0.3 is 12.6 Å². The molecule has 1 saturated heterocycles. The zero-order chi connectivity index (χ0) is 37.8.